The molecule has 0 aliphatic carbocycles. The molecule has 1 aromatic carbocycles. The van der Waals surface area contributed by atoms with Crippen LogP contribution in [0.3, 0.4) is 0 Å². The van der Waals surface area contributed by atoms with Gasteiger partial charge in [-0.05, 0) is 26.0 Å². The smallest absolute Gasteiger partial charge is 0.241 e. The van der Waals surface area contributed by atoms with Crippen LogP contribution in [-0.4, -0.2) is 41.8 Å². The molecule has 9 nitrogen and oxygen atoms in total. The van der Waals surface area contributed by atoms with Gasteiger partial charge >= 0.3 is 0 Å². The summed E-state index contributed by atoms with van der Waals surface area (Å²) < 4.78 is 47.2. The van der Waals surface area contributed by atoms with Crippen LogP contribution >= 0.6 is 0 Å². The van der Waals surface area contributed by atoms with Crippen molar-refractivity contribution in [3.63, 3.8) is 0 Å². The fourth-order valence-corrected chi connectivity index (χ4v) is 2.46. The average Bonchev–Trinajstić information content (AvgIpc) is 2.74. The Labute approximate surface area is 183 Å². The lowest BCUT2D eigenvalue weighted by molar-refractivity contribution is -0.120. The maximum absolute atomic E-state index is 14.3. The highest BCUT2D eigenvalue weighted by atomic mass is 19.1. The standard InChI is InChI=1S/C20H24F3N7O2/c1-11(2)28-17(31)10-25-7-12(6-24)29-20-27-9-15(22)19(30-20)26-8-13-14(21)4-5-16(32-3)18(13)23/h4-7,9,11H,8,10,24H2,1-3H3,(H,28,31)(H2,26,27,29,30). The normalized spacial score (nSPS) is 11.7. The van der Waals surface area contributed by atoms with Crippen molar-refractivity contribution < 1.29 is 22.7 Å². The van der Waals surface area contributed by atoms with E-state index in [9.17, 15) is 18.0 Å². The van der Waals surface area contributed by atoms with Crippen LogP contribution in [0.25, 0.3) is 0 Å². The molecular weight excluding hydrogens is 427 g/mol. The Balaban J connectivity index is 2.08. The van der Waals surface area contributed by atoms with E-state index in [1.807, 2.05) is 13.8 Å². The summed E-state index contributed by atoms with van der Waals surface area (Å²) in [6.45, 7) is 3.13. The third kappa shape index (κ3) is 6.86. The third-order valence-electron chi connectivity index (χ3n) is 3.90. The molecule has 1 aromatic heterocycles. The van der Waals surface area contributed by atoms with Gasteiger partial charge in [0, 0.05) is 30.6 Å². The number of methoxy groups -OCH3 is 1. The summed E-state index contributed by atoms with van der Waals surface area (Å²) in [4.78, 5) is 23.3. The Morgan fingerprint density at radius 2 is 2.03 bits per heavy atom. The molecule has 0 saturated carbocycles. The first-order chi connectivity index (χ1) is 15.2. The number of rotatable bonds is 10. The Kier molecular flexibility index (Phi) is 8.81. The second kappa shape index (κ2) is 11.5. The molecule has 0 atom stereocenters. The number of benzene rings is 1. The highest BCUT2D eigenvalue weighted by Crippen LogP contribution is 2.24. The van der Waals surface area contributed by atoms with Crippen LogP contribution in [0, 0.1) is 17.5 Å². The fraction of sp³-hybridized carbons (Fsp3) is 0.300. The number of ether oxygens (including phenoxy) is 1. The van der Waals surface area contributed by atoms with E-state index >= 15 is 0 Å². The molecule has 0 saturated heterocycles. The van der Waals surface area contributed by atoms with E-state index in [2.05, 4.69) is 30.9 Å². The Hall–Kier alpha value is -3.83. The number of hydrogen-bond acceptors (Lipinski definition) is 8. The Morgan fingerprint density at radius 1 is 1.28 bits per heavy atom. The first-order valence-corrected chi connectivity index (χ1v) is 9.50. The zero-order valence-corrected chi connectivity index (χ0v) is 17.7. The van der Waals surface area contributed by atoms with E-state index in [-0.39, 0.29) is 47.3 Å². The molecule has 12 heteroatoms. The molecule has 32 heavy (non-hydrogen) atoms. The van der Waals surface area contributed by atoms with Gasteiger partial charge < -0.3 is 26.4 Å². The zero-order chi connectivity index (χ0) is 23.7. The van der Waals surface area contributed by atoms with Crippen LogP contribution in [-0.2, 0) is 11.3 Å². The first kappa shape index (κ1) is 24.4. The summed E-state index contributed by atoms with van der Waals surface area (Å²) in [5.41, 5.74) is 5.42. The number of allylic oxidation sites excluding steroid dienone is 1. The van der Waals surface area contributed by atoms with E-state index < -0.39 is 24.0 Å². The molecule has 0 bridgehead atoms. The van der Waals surface area contributed by atoms with Gasteiger partial charge in [0.1, 0.15) is 12.4 Å². The average molecular weight is 451 g/mol. The number of aliphatic imine (C=N–C) groups is 1. The van der Waals surface area contributed by atoms with Gasteiger partial charge in [-0.15, -0.1) is 0 Å². The van der Waals surface area contributed by atoms with Gasteiger partial charge in [0.25, 0.3) is 0 Å². The molecule has 0 radical (unpaired) electrons. The molecular formula is C20H24F3N7O2. The summed E-state index contributed by atoms with van der Waals surface area (Å²) >= 11 is 0. The van der Waals surface area contributed by atoms with Crippen LogP contribution in [0.15, 0.2) is 35.2 Å². The van der Waals surface area contributed by atoms with Crippen molar-refractivity contribution in [1.82, 2.24) is 15.3 Å². The molecule has 172 valence electrons. The van der Waals surface area contributed by atoms with Crippen molar-refractivity contribution in [2.45, 2.75) is 26.4 Å². The van der Waals surface area contributed by atoms with Crippen molar-refractivity contribution >= 4 is 23.9 Å². The molecule has 0 fully saturated rings. The molecule has 0 aliphatic rings. The number of halogens is 3. The van der Waals surface area contributed by atoms with Gasteiger partial charge in [0.05, 0.1) is 19.0 Å². The number of anilines is 2. The molecule has 5 N–H and O–H groups in total. The van der Waals surface area contributed by atoms with Gasteiger partial charge in [-0.2, -0.15) is 4.98 Å². The second-order valence-electron chi connectivity index (χ2n) is 6.72. The van der Waals surface area contributed by atoms with Gasteiger partial charge in [0.2, 0.25) is 11.9 Å². The van der Waals surface area contributed by atoms with E-state index in [4.69, 9.17) is 10.5 Å². The minimum Gasteiger partial charge on any atom is -0.494 e. The first-order valence-electron chi connectivity index (χ1n) is 9.50. The predicted octanol–water partition coefficient (Wildman–Crippen LogP) is 2.32. The number of carbonyl (C=O) groups excluding carboxylic acids is 1. The maximum Gasteiger partial charge on any atom is 0.241 e. The highest BCUT2D eigenvalue weighted by Gasteiger charge is 2.16. The number of amides is 1. The largest absolute Gasteiger partial charge is 0.494 e. The van der Waals surface area contributed by atoms with Gasteiger partial charge in [0.15, 0.2) is 23.2 Å². The monoisotopic (exact) mass is 451 g/mol. The lowest BCUT2D eigenvalue weighted by Gasteiger charge is -2.12. The summed E-state index contributed by atoms with van der Waals surface area (Å²) in [5.74, 6) is -3.34. The van der Waals surface area contributed by atoms with E-state index in [1.54, 1.807) is 0 Å². The van der Waals surface area contributed by atoms with Gasteiger partial charge in [-0.25, -0.2) is 18.2 Å². The number of carbonyl (C=O) groups is 1. The third-order valence-corrected chi connectivity index (χ3v) is 3.90. The van der Waals surface area contributed by atoms with Crippen molar-refractivity contribution in [1.29, 1.82) is 0 Å². The molecule has 0 aliphatic heterocycles. The van der Waals surface area contributed by atoms with Gasteiger partial charge in [-0.3, -0.25) is 9.79 Å². The van der Waals surface area contributed by atoms with Crippen molar-refractivity contribution in [3.05, 3.63) is 53.2 Å². The van der Waals surface area contributed by atoms with E-state index in [0.717, 1.165) is 24.5 Å². The molecule has 2 rings (SSSR count). The summed E-state index contributed by atoms with van der Waals surface area (Å²) in [6.07, 6.45) is 3.32. The number of nitrogens with zero attached hydrogens (tertiary/aromatic N) is 3. The van der Waals surface area contributed by atoms with Crippen LogP contribution < -0.4 is 26.4 Å². The maximum atomic E-state index is 14.3. The molecule has 0 spiro atoms. The van der Waals surface area contributed by atoms with Crippen LogP contribution in [0.5, 0.6) is 5.75 Å². The summed E-state index contributed by atoms with van der Waals surface area (Å²) in [6, 6.07) is 2.18. The summed E-state index contributed by atoms with van der Waals surface area (Å²) in [7, 11) is 1.25. The van der Waals surface area contributed by atoms with Crippen molar-refractivity contribution in [3.8, 4) is 5.75 Å². The zero-order valence-electron chi connectivity index (χ0n) is 17.7. The molecule has 0 unspecified atom stereocenters. The number of nitrogens with one attached hydrogen (secondary N) is 3. The van der Waals surface area contributed by atoms with Crippen LogP contribution in [0.1, 0.15) is 19.4 Å². The Morgan fingerprint density at radius 3 is 2.69 bits per heavy atom. The molecule has 1 heterocycles. The Bertz CT molecular complexity index is 1010. The fourth-order valence-electron chi connectivity index (χ4n) is 2.46. The van der Waals surface area contributed by atoms with Crippen LogP contribution in [0.2, 0.25) is 0 Å². The minimum atomic E-state index is -0.904. The van der Waals surface area contributed by atoms with Crippen molar-refractivity contribution in [2.75, 3.05) is 24.3 Å². The second-order valence-corrected chi connectivity index (χ2v) is 6.72. The number of nitrogens with two attached hydrogens (primary N) is 1. The SMILES string of the molecule is COc1ccc(F)c(CNc2nc(NC(C=NCC(=O)NC(C)C)=CN)ncc2F)c1F. The molecule has 1 amide bonds. The predicted molar refractivity (Wildman–Crippen MR) is 115 cm³/mol. The van der Waals surface area contributed by atoms with Gasteiger partial charge in [-0.1, -0.05) is 0 Å². The molecule has 2 aromatic rings. The lowest BCUT2D eigenvalue weighted by atomic mass is 10.2. The van der Waals surface area contributed by atoms with E-state index in [1.165, 1.54) is 13.3 Å². The summed E-state index contributed by atoms with van der Waals surface area (Å²) in [5, 5.41) is 7.92. The topological polar surface area (TPSA) is 127 Å². The van der Waals surface area contributed by atoms with Crippen LogP contribution in [0.4, 0.5) is 24.9 Å². The lowest BCUT2D eigenvalue weighted by Crippen LogP contribution is -2.31. The van der Waals surface area contributed by atoms with E-state index in [0.29, 0.717) is 0 Å². The number of aromatic nitrogens is 2. The highest BCUT2D eigenvalue weighted by molar-refractivity contribution is 5.85. The number of hydrogen-bond donors (Lipinski definition) is 4. The quantitative estimate of drug-likeness (QED) is 0.409. The minimum absolute atomic E-state index is 0.0159. The van der Waals surface area contributed by atoms with Crippen molar-refractivity contribution in [2.24, 2.45) is 10.7 Å².